The minimum absolute atomic E-state index is 0.256. The van der Waals surface area contributed by atoms with Crippen molar-refractivity contribution in [2.24, 2.45) is 0 Å². The fraction of sp³-hybridized carbons (Fsp3) is 0.276. The number of rotatable bonds is 10. The van der Waals surface area contributed by atoms with Gasteiger partial charge in [-0.2, -0.15) is 0 Å². The SMILES string of the molecule is CCCC1(c2ccccc2)NC(=O)N(CC(=O)N(CCc2ccccc2)Cc2ccccc2)C1=O. The van der Waals surface area contributed by atoms with Crippen LogP contribution in [0, 0.1) is 0 Å². The number of carbonyl (C=O) groups is 3. The van der Waals surface area contributed by atoms with E-state index in [1.807, 2.05) is 97.9 Å². The molecular weight excluding hydrogens is 438 g/mol. The molecule has 6 nitrogen and oxygen atoms in total. The van der Waals surface area contributed by atoms with E-state index in [-0.39, 0.29) is 18.4 Å². The van der Waals surface area contributed by atoms with Crippen LogP contribution >= 0.6 is 0 Å². The third-order valence-electron chi connectivity index (χ3n) is 6.44. The lowest BCUT2D eigenvalue weighted by atomic mass is 9.85. The number of benzene rings is 3. The van der Waals surface area contributed by atoms with Crippen molar-refractivity contribution in [3.63, 3.8) is 0 Å². The van der Waals surface area contributed by atoms with Crippen LogP contribution in [0.25, 0.3) is 0 Å². The number of hydrogen-bond donors (Lipinski definition) is 1. The van der Waals surface area contributed by atoms with E-state index in [4.69, 9.17) is 0 Å². The van der Waals surface area contributed by atoms with E-state index in [9.17, 15) is 14.4 Å². The van der Waals surface area contributed by atoms with Gasteiger partial charge in [0, 0.05) is 13.1 Å². The number of hydrogen-bond acceptors (Lipinski definition) is 3. The molecule has 6 heteroatoms. The van der Waals surface area contributed by atoms with Crippen LogP contribution < -0.4 is 5.32 Å². The van der Waals surface area contributed by atoms with Crippen LogP contribution in [0.1, 0.15) is 36.5 Å². The highest BCUT2D eigenvalue weighted by Gasteiger charge is 2.52. The summed E-state index contributed by atoms with van der Waals surface area (Å²) in [5.41, 5.74) is 1.72. The normalized spacial score (nSPS) is 17.3. The Morgan fingerprint density at radius 3 is 2.03 bits per heavy atom. The van der Waals surface area contributed by atoms with E-state index in [0.29, 0.717) is 32.4 Å². The van der Waals surface area contributed by atoms with E-state index in [1.165, 1.54) is 0 Å². The first-order valence-corrected chi connectivity index (χ1v) is 12.1. The predicted molar refractivity (Wildman–Crippen MR) is 135 cm³/mol. The molecule has 1 aliphatic heterocycles. The Morgan fingerprint density at radius 1 is 0.857 bits per heavy atom. The molecule has 1 atom stereocenters. The fourth-order valence-electron chi connectivity index (χ4n) is 4.62. The van der Waals surface area contributed by atoms with Crippen molar-refractivity contribution in [3.05, 3.63) is 108 Å². The molecule has 180 valence electrons. The average Bonchev–Trinajstić information content (AvgIpc) is 3.13. The summed E-state index contributed by atoms with van der Waals surface area (Å²) >= 11 is 0. The zero-order chi connectivity index (χ0) is 24.7. The number of nitrogens with one attached hydrogen (secondary N) is 1. The molecule has 4 amide bonds. The molecule has 1 N–H and O–H groups in total. The average molecular weight is 470 g/mol. The number of nitrogens with zero attached hydrogens (tertiary/aromatic N) is 2. The third-order valence-corrected chi connectivity index (χ3v) is 6.44. The molecule has 1 saturated heterocycles. The van der Waals surface area contributed by atoms with Crippen LogP contribution in [0.4, 0.5) is 4.79 Å². The minimum Gasteiger partial charge on any atom is -0.336 e. The fourth-order valence-corrected chi connectivity index (χ4v) is 4.62. The predicted octanol–water partition coefficient (Wildman–Crippen LogP) is 4.51. The van der Waals surface area contributed by atoms with Crippen molar-refractivity contribution in [1.82, 2.24) is 15.1 Å². The molecular formula is C29H31N3O3. The number of amides is 4. The van der Waals surface area contributed by atoms with Crippen molar-refractivity contribution in [1.29, 1.82) is 0 Å². The zero-order valence-corrected chi connectivity index (χ0v) is 20.0. The van der Waals surface area contributed by atoms with Gasteiger partial charge in [-0.3, -0.25) is 14.5 Å². The first-order valence-electron chi connectivity index (χ1n) is 12.1. The second kappa shape index (κ2) is 11.0. The van der Waals surface area contributed by atoms with Gasteiger partial charge in [-0.1, -0.05) is 104 Å². The first-order chi connectivity index (χ1) is 17.0. The molecule has 35 heavy (non-hydrogen) atoms. The third kappa shape index (κ3) is 5.43. The van der Waals surface area contributed by atoms with Crippen LogP contribution in [-0.2, 0) is 28.1 Å². The summed E-state index contributed by atoms with van der Waals surface area (Å²) in [5, 5.41) is 2.90. The summed E-state index contributed by atoms with van der Waals surface area (Å²) in [7, 11) is 0. The summed E-state index contributed by atoms with van der Waals surface area (Å²) in [4.78, 5) is 42.8. The highest BCUT2D eigenvalue weighted by atomic mass is 16.2. The Kier molecular flexibility index (Phi) is 7.60. The first kappa shape index (κ1) is 24.2. The van der Waals surface area contributed by atoms with E-state index in [1.54, 1.807) is 4.90 Å². The number of carbonyl (C=O) groups excluding carboxylic acids is 3. The van der Waals surface area contributed by atoms with E-state index >= 15 is 0 Å². The van der Waals surface area contributed by atoms with Crippen molar-refractivity contribution < 1.29 is 14.4 Å². The van der Waals surface area contributed by atoms with Crippen molar-refractivity contribution in [3.8, 4) is 0 Å². The highest BCUT2D eigenvalue weighted by Crippen LogP contribution is 2.33. The molecule has 1 heterocycles. The summed E-state index contributed by atoms with van der Waals surface area (Å²) in [5.74, 6) is -0.625. The smallest absolute Gasteiger partial charge is 0.325 e. The van der Waals surface area contributed by atoms with Crippen molar-refractivity contribution in [2.45, 2.75) is 38.3 Å². The van der Waals surface area contributed by atoms with Gasteiger partial charge in [0.1, 0.15) is 12.1 Å². The second-order valence-corrected chi connectivity index (χ2v) is 8.88. The molecule has 1 aliphatic rings. The van der Waals surface area contributed by atoms with Gasteiger partial charge in [0.05, 0.1) is 0 Å². The lowest BCUT2D eigenvalue weighted by Crippen LogP contribution is -2.46. The molecule has 0 bridgehead atoms. The van der Waals surface area contributed by atoms with Crippen LogP contribution in [0.5, 0.6) is 0 Å². The van der Waals surface area contributed by atoms with Gasteiger partial charge in [-0.05, 0) is 29.5 Å². The monoisotopic (exact) mass is 469 g/mol. The Hall–Kier alpha value is -3.93. The maximum absolute atomic E-state index is 13.6. The Morgan fingerprint density at radius 2 is 1.43 bits per heavy atom. The highest BCUT2D eigenvalue weighted by molar-refractivity contribution is 6.09. The van der Waals surface area contributed by atoms with E-state index in [2.05, 4.69) is 5.32 Å². The molecule has 1 fully saturated rings. The Labute approximate surface area is 206 Å². The Bertz CT molecular complexity index is 1150. The van der Waals surface area contributed by atoms with Gasteiger partial charge in [0.2, 0.25) is 5.91 Å². The van der Waals surface area contributed by atoms with Crippen LogP contribution in [0.2, 0.25) is 0 Å². The largest absolute Gasteiger partial charge is 0.336 e. The minimum atomic E-state index is -1.14. The van der Waals surface area contributed by atoms with Gasteiger partial charge in [0.15, 0.2) is 0 Å². The summed E-state index contributed by atoms with van der Waals surface area (Å²) in [6, 6.07) is 28.5. The molecule has 4 rings (SSSR count). The van der Waals surface area contributed by atoms with Crippen molar-refractivity contribution >= 4 is 17.8 Å². The van der Waals surface area contributed by atoms with Gasteiger partial charge in [0.25, 0.3) is 5.91 Å². The lowest BCUT2D eigenvalue weighted by molar-refractivity contribution is -0.139. The number of imide groups is 1. The zero-order valence-electron chi connectivity index (χ0n) is 20.0. The van der Waals surface area contributed by atoms with Gasteiger partial charge >= 0.3 is 6.03 Å². The maximum atomic E-state index is 13.6. The quantitative estimate of drug-likeness (QED) is 0.445. The molecule has 0 aliphatic carbocycles. The second-order valence-electron chi connectivity index (χ2n) is 8.88. The van der Waals surface area contributed by atoms with Crippen LogP contribution in [-0.4, -0.2) is 40.7 Å². The maximum Gasteiger partial charge on any atom is 0.325 e. The summed E-state index contributed by atoms with van der Waals surface area (Å²) in [6.45, 7) is 2.59. The molecule has 1 unspecified atom stereocenters. The Balaban J connectivity index is 1.54. The van der Waals surface area contributed by atoms with E-state index in [0.717, 1.165) is 21.6 Å². The molecule has 0 radical (unpaired) electrons. The lowest BCUT2D eigenvalue weighted by Gasteiger charge is -2.28. The summed E-state index contributed by atoms with van der Waals surface area (Å²) in [6.07, 6.45) is 1.86. The topological polar surface area (TPSA) is 69.7 Å². The molecule has 0 spiro atoms. The molecule has 0 saturated carbocycles. The van der Waals surface area contributed by atoms with Gasteiger partial charge in [-0.15, -0.1) is 0 Å². The standard InChI is InChI=1S/C29H31N3O3/c1-2-19-29(25-16-10-5-11-17-25)27(34)32(28(35)30-29)22-26(33)31(21-24-14-8-4-9-15-24)20-18-23-12-6-3-7-13-23/h3-17H,2,18-22H2,1H3,(H,30,35). The van der Waals surface area contributed by atoms with Crippen LogP contribution in [0.15, 0.2) is 91.0 Å². The molecule has 0 aromatic heterocycles. The van der Waals surface area contributed by atoms with Crippen LogP contribution in [0.3, 0.4) is 0 Å². The van der Waals surface area contributed by atoms with E-state index < -0.39 is 11.6 Å². The molecule has 3 aromatic rings. The summed E-state index contributed by atoms with van der Waals surface area (Å²) < 4.78 is 0. The van der Waals surface area contributed by atoms with Gasteiger partial charge < -0.3 is 10.2 Å². The van der Waals surface area contributed by atoms with Crippen molar-refractivity contribution in [2.75, 3.05) is 13.1 Å². The molecule has 3 aromatic carbocycles. The number of urea groups is 1. The van der Waals surface area contributed by atoms with Gasteiger partial charge in [-0.25, -0.2) is 4.79 Å².